The Labute approximate surface area is 74.5 Å². The lowest BCUT2D eigenvalue weighted by molar-refractivity contribution is -0.116. The van der Waals surface area contributed by atoms with Gasteiger partial charge in [-0.1, -0.05) is 30.4 Å². The number of hydrogen-bond acceptors (Lipinski definition) is 1. The summed E-state index contributed by atoms with van der Waals surface area (Å²) in [7, 11) is 0. The summed E-state index contributed by atoms with van der Waals surface area (Å²) in [6.45, 7) is 5.20. The Balaban J connectivity index is 3.35. The quantitative estimate of drug-likeness (QED) is 0.551. The molecule has 0 N–H and O–H groups in total. The second-order valence-corrected chi connectivity index (χ2v) is 2.61. The van der Waals surface area contributed by atoms with E-state index < -0.39 is 0 Å². The van der Waals surface area contributed by atoms with Crippen molar-refractivity contribution in [1.29, 1.82) is 0 Å². The highest BCUT2D eigenvalue weighted by Gasteiger charge is 1.83. The zero-order chi connectivity index (χ0) is 9.23. The average Bonchev–Trinajstić information content (AvgIpc) is 2.02. The standard InChI is InChI=1S/C11H16O/c1-3-4-5-6-7-8-9-10-11(2)12/h3,5-6,8-9H,1,4,7,10H2,2H3/b6-5-,9-8-. The summed E-state index contributed by atoms with van der Waals surface area (Å²) in [5.74, 6) is 0.210. The van der Waals surface area contributed by atoms with Gasteiger partial charge in [-0.3, -0.25) is 4.79 Å². The number of Topliss-reactive ketones (excluding diaryl/α,β-unsaturated/α-hetero) is 1. The predicted molar refractivity (Wildman–Crippen MR) is 53.0 cm³/mol. The first-order chi connectivity index (χ1) is 5.77. The van der Waals surface area contributed by atoms with Crippen LogP contribution in [0.2, 0.25) is 0 Å². The van der Waals surface area contributed by atoms with Crippen molar-refractivity contribution in [2.45, 2.75) is 26.2 Å². The molecule has 0 aliphatic rings. The fourth-order valence-corrected chi connectivity index (χ4v) is 0.713. The van der Waals surface area contributed by atoms with Gasteiger partial charge in [0.05, 0.1) is 0 Å². The fourth-order valence-electron chi connectivity index (χ4n) is 0.713. The van der Waals surface area contributed by atoms with Gasteiger partial charge in [-0.25, -0.2) is 0 Å². The monoisotopic (exact) mass is 164 g/mol. The molecule has 1 nitrogen and oxygen atoms in total. The zero-order valence-corrected chi connectivity index (χ0v) is 7.62. The Kier molecular flexibility index (Phi) is 7.25. The van der Waals surface area contributed by atoms with Gasteiger partial charge in [0.15, 0.2) is 0 Å². The Bertz CT molecular complexity index is 187. The van der Waals surface area contributed by atoms with Gasteiger partial charge in [-0.15, -0.1) is 6.58 Å². The largest absolute Gasteiger partial charge is 0.300 e. The lowest BCUT2D eigenvalue weighted by atomic mass is 10.2. The van der Waals surface area contributed by atoms with E-state index in [-0.39, 0.29) is 5.78 Å². The molecule has 0 aromatic carbocycles. The van der Waals surface area contributed by atoms with E-state index in [0.29, 0.717) is 6.42 Å². The van der Waals surface area contributed by atoms with E-state index in [1.165, 1.54) is 0 Å². The zero-order valence-electron chi connectivity index (χ0n) is 7.62. The highest BCUT2D eigenvalue weighted by atomic mass is 16.1. The minimum absolute atomic E-state index is 0.210. The molecule has 12 heavy (non-hydrogen) atoms. The molecule has 0 unspecified atom stereocenters. The van der Waals surface area contributed by atoms with Crippen molar-refractivity contribution >= 4 is 5.78 Å². The molecule has 0 amide bonds. The van der Waals surface area contributed by atoms with Gasteiger partial charge < -0.3 is 0 Å². The predicted octanol–water partition coefficient (Wildman–Crippen LogP) is 3.04. The summed E-state index contributed by atoms with van der Waals surface area (Å²) >= 11 is 0. The Morgan fingerprint density at radius 2 is 1.75 bits per heavy atom. The van der Waals surface area contributed by atoms with Gasteiger partial charge >= 0.3 is 0 Å². The Morgan fingerprint density at radius 3 is 2.33 bits per heavy atom. The molecule has 0 spiro atoms. The summed E-state index contributed by atoms with van der Waals surface area (Å²) in [6.07, 6.45) is 12.3. The number of ketones is 1. The number of carbonyl (C=O) groups is 1. The first-order valence-electron chi connectivity index (χ1n) is 4.17. The molecule has 66 valence electrons. The van der Waals surface area contributed by atoms with Gasteiger partial charge in [-0.2, -0.15) is 0 Å². The van der Waals surface area contributed by atoms with Crippen LogP contribution in [0.4, 0.5) is 0 Å². The van der Waals surface area contributed by atoms with Crippen molar-refractivity contribution in [2.75, 3.05) is 0 Å². The van der Waals surface area contributed by atoms with Crippen LogP contribution in [0, 0.1) is 0 Å². The maximum atomic E-state index is 10.5. The molecule has 1 heteroatoms. The third-order valence-electron chi connectivity index (χ3n) is 1.31. The van der Waals surface area contributed by atoms with Gasteiger partial charge in [0.2, 0.25) is 0 Å². The third kappa shape index (κ3) is 8.89. The molecule has 0 radical (unpaired) electrons. The molecule has 0 fully saturated rings. The van der Waals surface area contributed by atoms with Gasteiger partial charge in [0.1, 0.15) is 5.78 Å². The fraction of sp³-hybridized carbons (Fsp3) is 0.364. The van der Waals surface area contributed by atoms with Crippen LogP contribution in [0.1, 0.15) is 26.2 Å². The van der Waals surface area contributed by atoms with Crippen LogP contribution in [0.15, 0.2) is 37.0 Å². The molecule has 0 saturated carbocycles. The third-order valence-corrected chi connectivity index (χ3v) is 1.31. The summed E-state index contributed by atoms with van der Waals surface area (Å²) in [5, 5.41) is 0. The minimum Gasteiger partial charge on any atom is -0.300 e. The van der Waals surface area contributed by atoms with E-state index in [1.807, 2.05) is 18.2 Å². The normalized spacial score (nSPS) is 11.1. The smallest absolute Gasteiger partial charge is 0.133 e. The van der Waals surface area contributed by atoms with Crippen LogP contribution in [0.3, 0.4) is 0 Å². The first kappa shape index (κ1) is 10.9. The van der Waals surface area contributed by atoms with E-state index in [9.17, 15) is 4.79 Å². The SMILES string of the molecule is C=CC/C=C\C/C=C\CC(C)=O. The molecule has 0 aromatic heterocycles. The first-order valence-corrected chi connectivity index (χ1v) is 4.17. The minimum atomic E-state index is 0.210. The van der Waals surface area contributed by atoms with Gasteiger partial charge in [0.25, 0.3) is 0 Å². The summed E-state index contributed by atoms with van der Waals surface area (Å²) in [4.78, 5) is 10.5. The average molecular weight is 164 g/mol. The van der Waals surface area contributed by atoms with Crippen LogP contribution in [0.25, 0.3) is 0 Å². The second kappa shape index (κ2) is 7.99. The number of allylic oxidation sites excluding steroid dienone is 5. The van der Waals surface area contributed by atoms with Crippen LogP contribution in [-0.2, 0) is 4.79 Å². The lowest BCUT2D eigenvalue weighted by Crippen LogP contribution is -1.83. The summed E-state index contributed by atoms with van der Waals surface area (Å²) < 4.78 is 0. The lowest BCUT2D eigenvalue weighted by Gasteiger charge is -1.83. The van der Waals surface area contributed by atoms with Gasteiger partial charge in [0, 0.05) is 6.42 Å². The molecule has 0 rings (SSSR count). The maximum Gasteiger partial charge on any atom is 0.133 e. The van der Waals surface area contributed by atoms with Crippen molar-refractivity contribution in [3.63, 3.8) is 0 Å². The number of rotatable bonds is 6. The molecule has 0 bridgehead atoms. The number of hydrogen-bond donors (Lipinski definition) is 0. The molecule has 0 aliphatic carbocycles. The van der Waals surface area contributed by atoms with E-state index >= 15 is 0 Å². The number of carbonyl (C=O) groups excluding carboxylic acids is 1. The molecule has 0 atom stereocenters. The van der Waals surface area contributed by atoms with Crippen molar-refractivity contribution < 1.29 is 4.79 Å². The maximum absolute atomic E-state index is 10.5. The van der Waals surface area contributed by atoms with Crippen molar-refractivity contribution in [3.8, 4) is 0 Å². The van der Waals surface area contributed by atoms with Crippen LogP contribution < -0.4 is 0 Å². The van der Waals surface area contributed by atoms with E-state index in [1.54, 1.807) is 6.92 Å². The van der Waals surface area contributed by atoms with Crippen LogP contribution in [0.5, 0.6) is 0 Å². The van der Waals surface area contributed by atoms with E-state index in [0.717, 1.165) is 12.8 Å². The molecular weight excluding hydrogens is 148 g/mol. The Morgan fingerprint density at radius 1 is 1.17 bits per heavy atom. The summed E-state index contributed by atoms with van der Waals surface area (Å²) in [5.41, 5.74) is 0. The molecular formula is C11H16O. The molecule has 0 aromatic rings. The summed E-state index contributed by atoms with van der Waals surface area (Å²) in [6, 6.07) is 0. The van der Waals surface area contributed by atoms with E-state index in [4.69, 9.17) is 0 Å². The molecule has 0 aliphatic heterocycles. The molecule has 0 heterocycles. The van der Waals surface area contributed by atoms with Crippen LogP contribution >= 0.6 is 0 Å². The van der Waals surface area contributed by atoms with Crippen LogP contribution in [-0.4, -0.2) is 5.78 Å². The van der Waals surface area contributed by atoms with Crippen molar-refractivity contribution in [3.05, 3.63) is 37.0 Å². The molecule has 0 saturated heterocycles. The van der Waals surface area contributed by atoms with E-state index in [2.05, 4.69) is 18.7 Å². The van der Waals surface area contributed by atoms with Crippen molar-refractivity contribution in [2.24, 2.45) is 0 Å². The topological polar surface area (TPSA) is 17.1 Å². The second-order valence-electron chi connectivity index (χ2n) is 2.61. The highest BCUT2D eigenvalue weighted by molar-refractivity contribution is 5.76. The van der Waals surface area contributed by atoms with Crippen molar-refractivity contribution in [1.82, 2.24) is 0 Å². The highest BCUT2D eigenvalue weighted by Crippen LogP contribution is 1.92. The van der Waals surface area contributed by atoms with Gasteiger partial charge in [-0.05, 0) is 19.8 Å². The Hall–Kier alpha value is -1.11.